The van der Waals surface area contributed by atoms with Crippen LogP contribution in [0.3, 0.4) is 0 Å². The Hall–Kier alpha value is -2.93. The first-order valence-electron chi connectivity index (χ1n) is 9.44. The van der Waals surface area contributed by atoms with Gasteiger partial charge in [0, 0.05) is 12.4 Å². The number of ether oxygens (including phenoxy) is 2. The Morgan fingerprint density at radius 1 is 1.21 bits per heavy atom. The molecule has 29 heavy (non-hydrogen) atoms. The van der Waals surface area contributed by atoms with E-state index < -0.39 is 0 Å². The zero-order valence-electron chi connectivity index (χ0n) is 16.6. The number of imidazole rings is 1. The SMILES string of the molecule is Cc1ccc(C)c(-n2ccnc2SCC(=O)NC(C)c2ccc3c(c2)OCO3)c1. The van der Waals surface area contributed by atoms with Gasteiger partial charge in [-0.25, -0.2) is 4.98 Å². The Balaban J connectivity index is 1.39. The van der Waals surface area contributed by atoms with Crippen LogP contribution in [0.15, 0.2) is 53.9 Å². The number of benzene rings is 2. The zero-order chi connectivity index (χ0) is 20.4. The van der Waals surface area contributed by atoms with Gasteiger partial charge in [-0.15, -0.1) is 0 Å². The molecule has 1 aliphatic rings. The van der Waals surface area contributed by atoms with Crippen molar-refractivity contribution in [2.75, 3.05) is 12.5 Å². The Kier molecular flexibility index (Phi) is 5.49. The van der Waals surface area contributed by atoms with Gasteiger partial charge in [0.05, 0.1) is 17.5 Å². The number of rotatable bonds is 6. The zero-order valence-corrected chi connectivity index (χ0v) is 17.5. The highest BCUT2D eigenvalue weighted by Crippen LogP contribution is 2.34. The number of hydrogen-bond donors (Lipinski definition) is 1. The summed E-state index contributed by atoms with van der Waals surface area (Å²) < 4.78 is 12.8. The fourth-order valence-corrected chi connectivity index (χ4v) is 4.02. The van der Waals surface area contributed by atoms with Crippen molar-refractivity contribution < 1.29 is 14.3 Å². The lowest BCUT2D eigenvalue weighted by atomic mass is 10.1. The van der Waals surface area contributed by atoms with Gasteiger partial charge < -0.3 is 14.8 Å². The lowest BCUT2D eigenvalue weighted by Crippen LogP contribution is -2.28. The minimum absolute atomic E-state index is 0.0457. The summed E-state index contributed by atoms with van der Waals surface area (Å²) in [6.45, 7) is 6.33. The molecule has 1 N–H and O–H groups in total. The summed E-state index contributed by atoms with van der Waals surface area (Å²) in [7, 11) is 0. The van der Waals surface area contributed by atoms with Crippen LogP contribution in [0.5, 0.6) is 11.5 Å². The lowest BCUT2D eigenvalue weighted by molar-refractivity contribution is -0.119. The molecule has 6 nitrogen and oxygen atoms in total. The minimum Gasteiger partial charge on any atom is -0.454 e. The predicted octanol–water partition coefficient (Wildman–Crippen LogP) is 4.19. The third-order valence-electron chi connectivity index (χ3n) is 4.84. The third-order valence-corrected chi connectivity index (χ3v) is 5.80. The van der Waals surface area contributed by atoms with E-state index in [0.29, 0.717) is 5.75 Å². The van der Waals surface area contributed by atoms with Gasteiger partial charge in [0.1, 0.15) is 0 Å². The Morgan fingerprint density at radius 2 is 2.03 bits per heavy atom. The van der Waals surface area contributed by atoms with E-state index in [1.54, 1.807) is 6.20 Å². The maximum absolute atomic E-state index is 12.5. The molecule has 0 saturated carbocycles. The second-order valence-electron chi connectivity index (χ2n) is 7.06. The Bertz CT molecular complexity index is 1050. The van der Waals surface area contributed by atoms with Gasteiger partial charge >= 0.3 is 0 Å². The number of carbonyl (C=O) groups is 1. The van der Waals surface area contributed by atoms with Crippen molar-refractivity contribution in [3.05, 3.63) is 65.5 Å². The highest BCUT2D eigenvalue weighted by molar-refractivity contribution is 7.99. The molecule has 1 aliphatic heterocycles. The summed E-state index contributed by atoms with van der Waals surface area (Å²) in [5.41, 5.74) is 4.41. The van der Waals surface area contributed by atoms with Gasteiger partial charge in [0.25, 0.3) is 0 Å². The number of hydrogen-bond acceptors (Lipinski definition) is 5. The van der Waals surface area contributed by atoms with E-state index in [1.807, 2.05) is 35.9 Å². The van der Waals surface area contributed by atoms with Crippen molar-refractivity contribution in [2.24, 2.45) is 0 Å². The number of aromatic nitrogens is 2. The van der Waals surface area contributed by atoms with Gasteiger partial charge in [-0.2, -0.15) is 0 Å². The van der Waals surface area contributed by atoms with Crippen LogP contribution in [0.1, 0.15) is 29.7 Å². The van der Waals surface area contributed by atoms with Crippen LogP contribution in [0, 0.1) is 13.8 Å². The van der Waals surface area contributed by atoms with Crippen molar-refractivity contribution in [1.29, 1.82) is 0 Å². The van der Waals surface area contributed by atoms with Crippen molar-refractivity contribution in [3.63, 3.8) is 0 Å². The molecule has 0 fully saturated rings. The van der Waals surface area contributed by atoms with Gasteiger partial charge in [-0.3, -0.25) is 9.36 Å². The van der Waals surface area contributed by atoms with Gasteiger partial charge in [-0.1, -0.05) is 30.0 Å². The third kappa shape index (κ3) is 4.24. The van der Waals surface area contributed by atoms with Gasteiger partial charge in [0.15, 0.2) is 16.7 Å². The number of amides is 1. The molecule has 150 valence electrons. The van der Waals surface area contributed by atoms with E-state index in [2.05, 4.69) is 42.3 Å². The molecule has 1 unspecified atom stereocenters. The molecule has 3 aromatic rings. The van der Waals surface area contributed by atoms with Crippen molar-refractivity contribution in [2.45, 2.75) is 32.0 Å². The summed E-state index contributed by atoms with van der Waals surface area (Å²) in [5.74, 6) is 1.70. The molecule has 4 rings (SSSR count). The average molecular weight is 410 g/mol. The van der Waals surface area contributed by atoms with Crippen LogP contribution < -0.4 is 14.8 Å². The van der Waals surface area contributed by atoms with E-state index in [-0.39, 0.29) is 24.5 Å². The second kappa shape index (κ2) is 8.21. The van der Waals surface area contributed by atoms with Gasteiger partial charge in [0.2, 0.25) is 12.7 Å². The first kappa shape index (κ1) is 19.4. The molecule has 2 heterocycles. The molecule has 1 aromatic heterocycles. The molecule has 7 heteroatoms. The maximum atomic E-state index is 12.5. The molecule has 2 aromatic carbocycles. The summed E-state index contributed by atoms with van der Waals surface area (Å²) in [5, 5.41) is 3.83. The summed E-state index contributed by atoms with van der Waals surface area (Å²) in [6, 6.07) is 11.9. The van der Waals surface area contributed by atoms with Crippen LogP contribution in [0.2, 0.25) is 0 Å². The Morgan fingerprint density at radius 3 is 2.90 bits per heavy atom. The lowest BCUT2D eigenvalue weighted by Gasteiger charge is -2.15. The summed E-state index contributed by atoms with van der Waals surface area (Å²) >= 11 is 1.42. The number of thioether (sulfide) groups is 1. The highest BCUT2D eigenvalue weighted by atomic mass is 32.2. The first-order chi connectivity index (χ1) is 14.0. The number of fused-ring (bicyclic) bond motifs is 1. The largest absolute Gasteiger partial charge is 0.454 e. The van der Waals surface area contributed by atoms with Crippen LogP contribution in [0.25, 0.3) is 5.69 Å². The smallest absolute Gasteiger partial charge is 0.231 e. The van der Waals surface area contributed by atoms with E-state index in [4.69, 9.17) is 9.47 Å². The molecule has 0 saturated heterocycles. The standard InChI is InChI=1S/C22H23N3O3S/c1-14-4-5-15(2)18(10-14)25-9-8-23-22(25)29-12-21(26)24-16(3)17-6-7-19-20(11-17)28-13-27-19/h4-11,16H,12-13H2,1-3H3,(H,24,26). The number of aryl methyl sites for hydroxylation is 2. The monoisotopic (exact) mass is 409 g/mol. The van der Waals surface area contributed by atoms with Crippen LogP contribution in [-0.2, 0) is 4.79 Å². The maximum Gasteiger partial charge on any atom is 0.231 e. The van der Waals surface area contributed by atoms with E-state index in [1.165, 1.54) is 17.3 Å². The first-order valence-corrected chi connectivity index (χ1v) is 10.4. The van der Waals surface area contributed by atoms with Crippen LogP contribution >= 0.6 is 11.8 Å². The van der Waals surface area contributed by atoms with E-state index in [0.717, 1.165) is 27.7 Å². The normalized spacial score (nSPS) is 13.3. The molecule has 0 bridgehead atoms. The molecule has 0 radical (unpaired) electrons. The summed E-state index contributed by atoms with van der Waals surface area (Å²) in [4.78, 5) is 16.9. The van der Waals surface area contributed by atoms with E-state index in [9.17, 15) is 4.79 Å². The Labute approximate surface area is 174 Å². The molecular formula is C22H23N3O3S. The molecule has 1 atom stereocenters. The highest BCUT2D eigenvalue weighted by Gasteiger charge is 2.17. The average Bonchev–Trinajstić information content (AvgIpc) is 3.36. The number of nitrogens with zero attached hydrogens (tertiary/aromatic N) is 2. The molecule has 1 amide bonds. The summed E-state index contributed by atoms with van der Waals surface area (Å²) in [6.07, 6.45) is 3.69. The molecule has 0 aliphatic carbocycles. The topological polar surface area (TPSA) is 65.4 Å². The van der Waals surface area contributed by atoms with E-state index >= 15 is 0 Å². The van der Waals surface area contributed by atoms with Crippen LogP contribution in [0.4, 0.5) is 0 Å². The van der Waals surface area contributed by atoms with Crippen molar-refractivity contribution in [3.8, 4) is 17.2 Å². The fourth-order valence-electron chi connectivity index (χ4n) is 3.24. The molecular weight excluding hydrogens is 386 g/mol. The number of carbonyl (C=O) groups excluding carboxylic acids is 1. The molecule has 0 spiro atoms. The van der Waals surface area contributed by atoms with Crippen LogP contribution in [-0.4, -0.2) is 28.0 Å². The minimum atomic E-state index is -0.128. The van der Waals surface area contributed by atoms with Crippen molar-refractivity contribution in [1.82, 2.24) is 14.9 Å². The predicted molar refractivity (Wildman–Crippen MR) is 113 cm³/mol. The number of nitrogens with one attached hydrogen (secondary N) is 1. The quantitative estimate of drug-likeness (QED) is 0.619. The van der Waals surface area contributed by atoms with Gasteiger partial charge in [-0.05, 0) is 55.7 Å². The van der Waals surface area contributed by atoms with Crippen molar-refractivity contribution >= 4 is 17.7 Å². The second-order valence-corrected chi connectivity index (χ2v) is 8.00. The fraction of sp³-hybridized carbons (Fsp3) is 0.273.